The zero-order valence-corrected chi connectivity index (χ0v) is 12.5. The smallest absolute Gasteiger partial charge is 0.144 e. The van der Waals surface area contributed by atoms with Crippen molar-refractivity contribution >= 4 is 23.1 Å². The number of phenolic OH excluding ortho intramolecular Hbond substituents is 2. The molecule has 110 valence electrons. The molecule has 3 heteroatoms. The molecule has 0 saturated heterocycles. The van der Waals surface area contributed by atoms with E-state index in [1.165, 1.54) is 0 Å². The number of nitrogens with zero attached hydrogens (tertiary/aromatic N) is 1. The number of aromatic nitrogens is 1. The molecule has 1 heterocycles. The lowest BCUT2D eigenvalue weighted by molar-refractivity contribution is 0.474. The highest BCUT2D eigenvalue weighted by Crippen LogP contribution is 2.30. The molecule has 0 aliphatic heterocycles. The molecule has 0 radical (unpaired) electrons. The zero-order valence-electron chi connectivity index (χ0n) is 12.5. The van der Waals surface area contributed by atoms with Crippen LogP contribution in [0.25, 0.3) is 23.1 Å². The molecular formula is C19H17NO2. The second kappa shape index (κ2) is 5.53. The van der Waals surface area contributed by atoms with Crippen molar-refractivity contribution in [2.75, 3.05) is 0 Å². The number of rotatable bonds is 2. The molecular weight excluding hydrogens is 274 g/mol. The van der Waals surface area contributed by atoms with E-state index in [-0.39, 0.29) is 11.5 Å². The summed E-state index contributed by atoms with van der Waals surface area (Å²) >= 11 is 0. The summed E-state index contributed by atoms with van der Waals surface area (Å²) < 4.78 is 0. The van der Waals surface area contributed by atoms with E-state index in [1.807, 2.05) is 56.3 Å². The van der Waals surface area contributed by atoms with Crippen LogP contribution in [0.3, 0.4) is 0 Å². The van der Waals surface area contributed by atoms with Crippen LogP contribution in [-0.2, 0) is 0 Å². The SMILES string of the molecule is Cc1cc(C)c2ccc(/C=C/c3ccccc3O)nc2c1O. The molecule has 3 nitrogen and oxygen atoms in total. The van der Waals surface area contributed by atoms with Gasteiger partial charge in [0.1, 0.15) is 17.0 Å². The Kier molecular flexibility index (Phi) is 3.55. The topological polar surface area (TPSA) is 53.4 Å². The van der Waals surface area contributed by atoms with Gasteiger partial charge in [0.05, 0.1) is 5.69 Å². The summed E-state index contributed by atoms with van der Waals surface area (Å²) in [5.41, 5.74) is 3.98. The second-order valence-corrected chi connectivity index (χ2v) is 5.38. The Labute approximate surface area is 129 Å². The summed E-state index contributed by atoms with van der Waals surface area (Å²) in [5, 5.41) is 20.9. The van der Waals surface area contributed by atoms with Crippen molar-refractivity contribution in [3.05, 3.63) is 64.8 Å². The number of hydrogen-bond donors (Lipinski definition) is 2. The summed E-state index contributed by atoms with van der Waals surface area (Å²) in [4.78, 5) is 4.52. The molecule has 0 unspecified atom stereocenters. The van der Waals surface area contributed by atoms with Crippen LogP contribution in [0.1, 0.15) is 22.4 Å². The van der Waals surface area contributed by atoms with Crippen molar-refractivity contribution in [1.29, 1.82) is 0 Å². The number of benzene rings is 2. The summed E-state index contributed by atoms with van der Waals surface area (Å²) in [5.74, 6) is 0.451. The van der Waals surface area contributed by atoms with Gasteiger partial charge in [-0.25, -0.2) is 4.98 Å². The van der Waals surface area contributed by atoms with Crippen LogP contribution in [-0.4, -0.2) is 15.2 Å². The Morgan fingerprint density at radius 3 is 2.45 bits per heavy atom. The quantitative estimate of drug-likeness (QED) is 0.734. The van der Waals surface area contributed by atoms with Crippen LogP contribution in [0.5, 0.6) is 11.5 Å². The number of phenols is 2. The van der Waals surface area contributed by atoms with Gasteiger partial charge in [-0.15, -0.1) is 0 Å². The van der Waals surface area contributed by atoms with Crippen LogP contribution in [0.15, 0.2) is 42.5 Å². The van der Waals surface area contributed by atoms with Crippen LogP contribution >= 0.6 is 0 Å². The summed E-state index contributed by atoms with van der Waals surface area (Å²) in [7, 11) is 0. The van der Waals surface area contributed by atoms with Crippen molar-refractivity contribution in [2.45, 2.75) is 13.8 Å². The minimum Gasteiger partial charge on any atom is -0.507 e. The van der Waals surface area contributed by atoms with E-state index < -0.39 is 0 Å². The zero-order chi connectivity index (χ0) is 15.7. The maximum atomic E-state index is 10.2. The van der Waals surface area contributed by atoms with E-state index in [9.17, 15) is 10.2 Å². The lowest BCUT2D eigenvalue weighted by Gasteiger charge is -2.08. The molecule has 3 aromatic rings. The van der Waals surface area contributed by atoms with Crippen molar-refractivity contribution in [1.82, 2.24) is 4.98 Å². The molecule has 1 aromatic heterocycles. The third-order valence-electron chi connectivity index (χ3n) is 3.74. The third-order valence-corrected chi connectivity index (χ3v) is 3.74. The first-order valence-corrected chi connectivity index (χ1v) is 7.12. The van der Waals surface area contributed by atoms with E-state index >= 15 is 0 Å². The molecule has 2 aromatic carbocycles. The lowest BCUT2D eigenvalue weighted by atomic mass is 10.0. The minimum atomic E-state index is 0.221. The van der Waals surface area contributed by atoms with Gasteiger partial charge in [0, 0.05) is 10.9 Å². The molecule has 0 amide bonds. The molecule has 0 atom stereocenters. The van der Waals surface area contributed by atoms with Gasteiger partial charge in [0.2, 0.25) is 0 Å². The molecule has 0 aliphatic rings. The predicted molar refractivity (Wildman–Crippen MR) is 89.9 cm³/mol. The molecule has 0 bridgehead atoms. The largest absolute Gasteiger partial charge is 0.507 e. The van der Waals surface area contributed by atoms with Gasteiger partial charge < -0.3 is 10.2 Å². The first-order valence-electron chi connectivity index (χ1n) is 7.12. The third kappa shape index (κ3) is 2.53. The van der Waals surface area contributed by atoms with E-state index in [1.54, 1.807) is 12.1 Å². The van der Waals surface area contributed by atoms with Crippen LogP contribution < -0.4 is 0 Å². The summed E-state index contributed by atoms with van der Waals surface area (Å²) in [6.45, 7) is 3.88. The Hall–Kier alpha value is -2.81. The summed E-state index contributed by atoms with van der Waals surface area (Å²) in [6.07, 6.45) is 3.63. The molecule has 0 saturated carbocycles. The van der Waals surface area contributed by atoms with Crippen molar-refractivity contribution < 1.29 is 10.2 Å². The van der Waals surface area contributed by atoms with Crippen molar-refractivity contribution in [3.63, 3.8) is 0 Å². The van der Waals surface area contributed by atoms with Crippen molar-refractivity contribution in [3.8, 4) is 11.5 Å². The van der Waals surface area contributed by atoms with Crippen LogP contribution in [0.4, 0.5) is 0 Å². The monoisotopic (exact) mass is 291 g/mol. The molecule has 3 rings (SSSR count). The Morgan fingerprint density at radius 2 is 1.68 bits per heavy atom. The van der Waals surface area contributed by atoms with E-state index in [0.29, 0.717) is 5.52 Å². The number of fused-ring (bicyclic) bond motifs is 1. The average molecular weight is 291 g/mol. The Morgan fingerprint density at radius 1 is 0.909 bits per heavy atom. The first kappa shape index (κ1) is 14.1. The Balaban J connectivity index is 2.06. The number of aromatic hydroxyl groups is 2. The second-order valence-electron chi connectivity index (χ2n) is 5.38. The fourth-order valence-corrected chi connectivity index (χ4v) is 2.53. The van der Waals surface area contributed by atoms with E-state index in [0.717, 1.165) is 27.8 Å². The molecule has 0 aliphatic carbocycles. The van der Waals surface area contributed by atoms with Gasteiger partial charge in [0.25, 0.3) is 0 Å². The van der Waals surface area contributed by atoms with Gasteiger partial charge >= 0.3 is 0 Å². The van der Waals surface area contributed by atoms with Gasteiger partial charge in [-0.1, -0.05) is 30.3 Å². The summed E-state index contributed by atoms with van der Waals surface area (Å²) in [6, 6.07) is 12.9. The number of aryl methyl sites for hydroxylation is 2. The van der Waals surface area contributed by atoms with Gasteiger partial charge in [-0.05, 0) is 49.3 Å². The van der Waals surface area contributed by atoms with Crippen LogP contribution in [0, 0.1) is 13.8 Å². The predicted octanol–water partition coefficient (Wildman–Crippen LogP) is 4.43. The van der Waals surface area contributed by atoms with Gasteiger partial charge in [-0.2, -0.15) is 0 Å². The van der Waals surface area contributed by atoms with Crippen LogP contribution in [0.2, 0.25) is 0 Å². The maximum absolute atomic E-state index is 10.2. The Bertz CT molecular complexity index is 882. The molecule has 2 N–H and O–H groups in total. The van der Waals surface area contributed by atoms with E-state index in [2.05, 4.69) is 4.98 Å². The number of pyridine rings is 1. The highest BCUT2D eigenvalue weighted by atomic mass is 16.3. The molecule has 0 fully saturated rings. The van der Waals surface area contributed by atoms with Gasteiger partial charge in [-0.3, -0.25) is 0 Å². The first-order chi connectivity index (χ1) is 10.6. The fraction of sp³-hybridized carbons (Fsp3) is 0.105. The highest BCUT2D eigenvalue weighted by molar-refractivity contribution is 5.89. The number of para-hydroxylation sites is 1. The normalized spacial score (nSPS) is 11.4. The van der Waals surface area contributed by atoms with E-state index in [4.69, 9.17) is 0 Å². The number of hydrogen-bond acceptors (Lipinski definition) is 3. The lowest BCUT2D eigenvalue weighted by Crippen LogP contribution is -1.89. The van der Waals surface area contributed by atoms with Gasteiger partial charge in [0.15, 0.2) is 0 Å². The minimum absolute atomic E-state index is 0.221. The average Bonchev–Trinajstić information content (AvgIpc) is 2.52. The standard InChI is InChI=1S/C19H17NO2/c1-12-11-13(2)19(22)18-16(12)10-9-15(20-18)8-7-14-5-3-4-6-17(14)21/h3-11,21-22H,1-2H3/b8-7+. The fourth-order valence-electron chi connectivity index (χ4n) is 2.53. The van der Waals surface area contributed by atoms with Crippen molar-refractivity contribution in [2.24, 2.45) is 0 Å². The molecule has 22 heavy (non-hydrogen) atoms. The molecule has 0 spiro atoms. The maximum Gasteiger partial charge on any atom is 0.144 e. The highest BCUT2D eigenvalue weighted by Gasteiger charge is 2.08.